The predicted molar refractivity (Wildman–Crippen MR) is 58.5 cm³/mol. The van der Waals surface area contributed by atoms with Gasteiger partial charge in [-0.2, -0.15) is 0 Å². The van der Waals surface area contributed by atoms with Gasteiger partial charge >= 0.3 is 0 Å². The third-order valence-corrected chi connectivity index (χ3v) is 2.95. The largest absolute Gasteiger partial charge is 0.356 e. The first-order valence-electron chi connectivity index (χ1n) is 5.55. The van der Waals surface area contributed by atoms with Gasteiger partial charge in [0.2, 0.25) is 0 Å². The molecule has 1 atom stereocenters. The van der Waals surface area contributed by atoms with Gasteiger partial charge in [0.05, 0.1) is 6.54 Å². The number of aliphatic imine (C=N–C) groups is 1. The molecule has 0 bridgehead atoms. The number of guanidine groups is 1. The maximum Gasteiger partial charge on any atom is 0.191 e. The van der Waals surface area contributed by atoms with Crippen LogP contribution in [0.5, 0.6) is 0 Å². The quantitative estimate of drug-likeness (QED) is 0.646. The van der Waals surface area contributed by atoms with E-state index in [1.54, 1.807) is 0 Å². The van der Waals surface area contributed by atoms with Gasteiger partial charge in [-0.1, -0.05) is 0 Å². The molecular weight excluding hydrogens is 176 g/mol. The molecule has 4 nitrogen and oxygen atoms in total. The lowest BCUT2D eigenvalue weighted by atomic mass is 9.99. The Balaban J connectivity index is 1.69. The van der Waals surface area contributed by atoms with Crippen LogP contribution in [-0.4, -0.2) is 50.6 Å². The Morgan fingerprint density at radius 2 is 2.57 bits per heavy atom. The number of piperidine rings is 1. The van der Waals surface area contributed by atoms with Gasteiger partial charge in [-0.15, -0.1) is 0 Å². The van der Waals surface area contributed by atoms with Crippen LogP contribution >= 0.6 is 0 Å². The highest BCUT2D eigenvalue weighted by Crippen LogP contribution is 2.13. The van der Waals surface area contributed by atoms with Gasteiger partial charge in [0.1, 0.15) is 0 Å². The summed E-state index contributed by atoms with van der Waals surface area (Å²) >= 11 is 0. The zero-order valence-corrected chi connectivity index (χ0v) is 8.92. The highest BCUT2D eigenvalue weighted by molar-refractivity contribution is 5.81. The lowest BCUT2D eigenvalue weighted by Crippen LogP contribution is -2.42. The van der Waals surface area contributed by atoms with E-state index in [0.29, 0.717) is 0 Å². The number of nitrogens with zero attached hydrogens (tertiary/aromatic N) is 2. The summed E-state index contributed by atoms with van der Waals surface area (Å²) in [6, 6.07) is 0. The summed E-state index contributed by atoms with van der Waals surface area (Å²) in [6.07, 6.45) is 2.69. The summed E-state index contributed by atoms with van der Waals surface area (Å²) in [5.74, 6) is 1.79. The van der Waals surface area contributed by atoms with Crippen LogP contribution in [0.3, 0.4) is 0 Å². The van der Waals surface area contributed by atoms with Crippen LogP contribution in [-0.2, 0) is 0 Å². The van der Waals surface area contributed by atoms with Crippen molar-refractivity contribution in [2.75, 3.05) is 39.8 Å². The van der Waals surface area contributed by atoms with Crippen LogP contribution < -0.4 is 10.6 Å². The van der Waals surface area contributed by atoms with E-state index in [4.69, 9.17) is 0 Å². The average molecular weight is 196 g/mol. The summed E-state index contributed by atoms with van der Waals surface area (Å²) in [7, 11) is 2.21. The van der Waals surface area contributed by atoms with E-state index in [1.807, 2.05) is 0 Å². The second kappa shape index (κ2) is 4.64. The molecular formula is C10H20N4. The molecule has 1 saturated heterocycles. The molecule has 2 aliphatic heterocycles. The van der Waals surface area contributed by atoms with Crippen molar-refractivity contribution in [3.63, 3.8) is 0 Å². The smallest absolute Gasteiger partial charge is 0.191 e. The van der Waals surface area contributed by atoms with Crippen LogP contribution in [0.4, 0.5) is 0 Å². The third-order valence-electron chi connectivity index (χ3n) is 2.95. The van der Waals surface area contributed by atoms with Gasteiger partial charge in [0.15, 0.2) is 5.96 Å². The normalized spacial score (nSPS) is 28.4. The molecule has 0 radical (unpaired) electrons. The fourth-order valence-corrected chi connectivity index (χ4v) is 2.20. The Hall–Kier alpha value is -0.770. The molecule has 80 valence electrons. The molecule has 1 fully saturated rings. The van der Waals surface area contributed by atoms with E-state index < -0.39 is 0 Å². The van der Waals surface area contributed by atoms with Gasteiger partial charge in [0, 0.05) is 19.6 Å². The van der Waals surface area contributed by atoms with E-state index in [2.05, 4.69) is 27.6 Å². The number of hydrogen-bond acceptors (Lipinski definition) is 4. The Bertz CT molecular complexity index is 214. The monoisotopic (exact) mass is 196 g/mol. The molecule has 4 heteroatoms. The minimum atomic E-state index is 0.791. The van der Waals surface area contributed by atoms with Crippen molar-refractivity contribution in [1.82, 2.24) is 15.5 Å². The lowest BCUT2D eigenvalue weighted by Gasteiger charge is -2.29. The summed E-state index contributed by atoms with van der Waals surface area (Å²) in [6.45, 7) is 5.46. The van der Waals surface area contributed by atoms with Crippen LogP contribution in [0.25, 0.3) is 0 Å². The maximum absolute atomic E-state index is 4.32. The SMILES string of the molecule is CN1CCCC(CNC2=NCCN2)C1. The van der Waals surface area contributed by atoms with Crippen molar-refractivity contribution in [2.24, 2.45) is 10.9 Å². The molecule has 1 unspecified atom stereocenters. The van der Waals surface area contributed by atoms with E-state index in [9.17, 15) is 0 Å². The lowest BCUT2D eigenvalue weighted by molar-refractivity contribution is 0.210. The summed E-state index contributed by atoms with van der Waals surface area (Å²) in [5, 5.41) is 6.62. The van der Waals surface area contributed by atoms with Gasteiger partial charge in [-0.25, -0.2) is 0 Å². The number of rotatable bonds is 2. The molecule has 2 aliphatic rings. The molecule has 2 N–H and O–H groups in total. The Morgan fingerprint density at radius 3 is 3.29 bits per heavy atom. The average Bonchev–Trinajstić information content (AvgIpc) is 2.67. The van der Waals surface area contributed by atoms with Crippen molar-refractivity contribution in [1.29, 1.82) is 0 Å². The third kappa shape index (κ3) is 2.61. The van der Waals surface area contributed by atoms with Gasteiger partial charge < -0.3 is 15.5 Å². The zero-order chi connectivity index (χ0) is 9.80. The van der Waals surface area contributed by atoms with Crippen molar-refractivity contribution < 1.29 is 0 Å². The van der Waals surface area contributed by atoms with Crippen molar-refractivity contribution in [3.05, 3.63) is 0 Å². The molecule has 14 heavy (non-hydrogen) atoms. The zero-order valence-electron chi connectivity index (χ0n) is 8.92. The molecule has 0 aromatic rings. The molecule has 0 aromatic heterocycles. The van der Waals surface area contributed by atoms with Crippen molar-refractivity contribution in [2.45, 2.75) is 12.8 Å². The first kappa shape index (κ1) is 9.77. The van der Waals surface area contributed by atoms with Crippen LogP contribution in [0.15, 0.2) is 4.99 Å². The van der Waals surface area contributed by atoms with Crippen LogP contribution in [0.1, 0.15) is 12.8 Å². The Kier molecular flexibility index (Phi) is 3.24. The van der Waals surface area contributed by atoms with E-state index in [-0.39, 0.29) is 0 Å². The first-order valence-corrected chi connectivity index (χ1v) is 5.55. The molecule has 0 aromatic carbocycles. The fourth-order valence-electron chi connectivity index (χ4n) is 2.20. The van der Waals surface area contributed by atoms with Crippen LogP contribution in [0.2, 0.25) is 0 Å². The second-order valence-electron chi connectivity index (χ2n) is 4.31. The summed E-state index contributed by atoms with van der Waals surface area (Å²) < 4.78 is 0. The van der Waals surface area contributed by atoms with E-state index in [0.717, 1.165) is 31.5 Å². The minimum Gasteiger partial charge on any atom is -0.356 e. The summed E-state index contributed by atoms with van der Waals surface area (Å²) in [4.78, 5) is 6.74. The van der Waals surface area contributed by atoms with Gasteiger partial charge in [0.25, 0.3) is 0 Å². The molecule has 0 saturated carbocycles. The number of nitrogens with one attached hydrogen (secondary N) is 2. The van der Waals surface area contributed by atoms with Gasteiger partial charge in [-0.3, -0.25) is 4.99 Å². The summed E-state index contributed by atoms with van der Waals surface area (Å²) in [5.41, 5.74) is 0. The number of likely N-dealkylation sites (tertiary alicyclic amines) is 1. The molecule has 2 heterocycles. The minimum absolute atomic E-state index is 0.791. The Labute approximate surface area is 85.8 Å². The first-order chi connectivity index (χ1) is 6.84. The highest BCUT2D eigenvalue weighted by atomic mass is 15.2. The number of hydrogen-bond donors (Lipinski definition) is 2. The highest BCUT2D eigenvalue weighted by Gasteiger charge is 2.17. The van der Waals surface area contributed by atoms with Crippen LogP contribution in [0, 0.1) is 5.92 Å². The maximum atomic E-state index is 4.32. The van der Waals surface area contributed by atoms with E-state index in [1.165, 1.54) is 25.9 Å². The van der Waals surface area contributed by atoms with E-state index >= 15 is 0 Å². The second-order valence-corrected chi connectivity index (χ2v) is 4.31. The molecule has 0 spiro atoms. The topological polar surface area (TPSA) is 39.7 Å². The molecule has 0 amide bonds. The molecule has 0 aliphatic carbocycles. The van der Waals surface area contributed by atoms with Gasteiger partial charge in [-0.05, 0) is 32.4 Å². The Morgan fingerprint density at radius 1 is 1.64 bits per heavy atom. The van der Waals surface area contributed by atoms with Crippen molar-refractivity contribution in [3.8, 4) is 0 Å². The predicted octanol–water partition coefficient (Wildman–Crippen LogP) is -0.123. The van der Waals surface area contributed by atoms with Crippen molar-refractivity contribution >= 4 is 5.96 Å². The molecule has 2 rings (SSSR count). The fraction of sp³-hybridized carbons (Fsp3) is 0.900. The standard InChI is InChI=1S/C10H20N4/c1-14-6-2-3-9(8-14)7-13-10-11-4-5-12-10/h9H,2-8H2,1H3,(H2,11,12,13).